The van der Waals surface area contributed by atoms with Gasteiger partial charge in [-0.2, -0.15) is 0 Å². The van der Waals surface area contributed by atoms with Crippen LogP contribution in [0.2, 0.25) is 0 Å². The molecule has 0 aromatic heterocycles. The van der Waals surface area contributed by atoms with Crippen LogP contribution >= 0.6 is 0 Å². The van der Waals surface area contributed by atoms with E-state index >= 15 is 0 Å². The zero-order valence-corrected chi connectivity index (χ0v) is 20.6. The van der Waals surface area contributed by atoms with Gasteiger partial charge < -0.3 is 0 Å². The predicted octanol–water partition coefficient (Wildman–Crippen LogP) is 6.35. The Balaban J connectivity index is 4.69. The molecule has 0 heterocycles. The van der Waals surface area contributed by atoms with Crippen LogP contribution in [0.4, 0.5) is 0 Å². The molecular formula is C20H44O8Ti. The molecule has 0 rings (SSSR count). The molecule has 0 N–H and O–H groups in total. The number of hydrogen-bond donors (Lipinski definition) is 0. The van der Waals surface area contributed by atoms with Gasteiger partial charge in [-0.25, -0.2) is 0 Å². The van der Waals surface area contributed by atoms with Gasteiger partial charge in [0.2, 0.25) is 0 Å². The molecular weight excluding hydrogens is 416 g/mol. The Morgan fingerprint density at radius 3 is 0.828 bits per heavy atom. The predicted molar refractivity (Wildman–Crippen MR) is 106 cm³/mol. The van der Waals surface area contributed by atoms with Crippen LogP contribution in [0.3, 0.4) is 0 Å². The fraction of sp³-hybridized carbons (Fsp3) is 1.00. The van der Waals surface area contributed by atoms with Crippen LogP contribution < -0.4 is 0 Å². The Kier molecular flexibility index (Phi) is 23.4. The summed E-state index contributed by atoms with van der Waals surface area (Å²) in [5, 5.41) is 0. The fourth-order valence-corrected chi connectivity index (χ4v) is 3.86. The zero-order chi connectivity index (χ0) is 21.5. The van der Waals surface area contributed by atoms with Gasteiger partial charge in [0.25, 0.3) is 0 Å². The van der Waals surface area contributed by atoms with E-state index < -0.39 is 18.1 Å². The van der Waals surface area contributed by atoms with Gasteiger partial charge in [-0.1, -0.05) is 0 Å². The van der Waals surface area contributed by atoms with Crippen molar-refractivity contribution in [2.24, 2.45) is 0 Å². The summed E-state index contributed by atoms with van der Waals surface area (Å²) >= 11 is -4.53. The summed E-state index contributed by atoms with van der Waals surface area (Å²) in [6, 6.07) is 0. The molecule has 0 spiro atoms. The van der Waals surface area contributed by atoms with Crippen LogP contribution in [0.5, 0.6) is 0 Å². The van der Waals surface area contributed by atoms with E-state index in [9.17, 15) is 0 Å². The molecule has 0 unspecified atom stereocenters. The second kappa shape index (κ2) is 23.1. The maximum atomic E-state index is 5.44. The van der Waals surface area contributed by atoms with E-state index in [1.54, 1.807) is 0 Å². The van der Waals surface area contributed by atoms with Gasteiger partial charge in [-0.05, 0) is 0 Å². The Hall–Kier alpha value is 0.394. The zero-order valence-electron chi connectivity index (χ0n) is 19.1. The number of hydrogen-bond acceptors (Lipinski definition) is 8. The summed E-state index contributed by atoms with van der Waals surface area (Å²) in [7, 11) is 0. The minimum absolute atomic E-state index is 0.401. The summed E-state index contributed by atoms with van der Waals surface area (Å²) in [5.74, 6) is 0. The van der Waals surface area contributed by atoms with Crippen LogP contribution in [0, 0.1) is 0 Å². The molecule has 0 aliphatic carbocycles. The molecule has 0 atom stereocenters. The van der Waals surface area contributed by atoms with Crippen molar-refractivity contribution in [2.45, 2.75) is 105 Å². The first kappa shape index (κ1) is 29.4. The van der Waals surface area contributed by atoms with Crippen molar-refractivity contribution < 1.29 is 51.6 Å². The molecule has 0 radical (unpaired) electrons. The Morgan fingerprint density at radius 2 is 0.621 bits per heavy atom. The van der Waals surface area contributed by atoms with Crippen molar-refractivity contribution >= 4 is 0 Å². The quantitative estimate of drug-likeness (QED) is 0.0714. The maximum absolute atomic E-state index is 5.44. The monoisotopic (exact) mass is 460 g/mol. The van der Waals surface area contributed by atoms with Gasteiger partial charge in [0, 0.05) is 0 Å². The first-order valence-electron chi connectivity index (χ1n) is 11.5. The van der Waals surface area contributed by atoms with Gasteiger partial charge in [0.15, 0.2) is 0 Å². The van der Waals surface area contributed by atoms with E-state index in [2.05, 4.69) is 27.7 Å². The van der Waals surface area contributed by atoms with Gasteiger partial charge in [0.1, 0.15) is 0 Å². The molecule has 0 aromatic carbocycles. The summed E-state index contributed by atoms with van der Waals surface area (Å²) in [6.45, 7) is 10.1. The van der Waals surface area contributed by atoms with Crippen molar-refractivity contribution in [3.05, 3.63) is 0 Å². The van der Waals surface area contributed by atoms with Crippen LogP contribution in [0.15, 0.2) is 0 Å². The standard InChI is InChI=1S/4C5H12O2.Ti/c4*1-2-3-4-5-7-6;/h4*6H,2-5H2,1H3;/q;;;;+4/p-4. The van der Waals surface area contributed by atoms with E-state index in [0.29, 0.717) is 26.4 Å². The van der Waals surface area contributed by atoms with E-state index in [0.717, 1.165) is 77.0 Å². The Bertz CT molecular complexity index is 261. The molecule has 29 heavy (non-hydrogen) atoms. The molecule has 0 aliphatic rings. The number of rotatable bonds is 24. The van der Waals surface area contributed by atoms with Crippen LogP contribution in [0.25, 0.3) is 0 Å². The molecule has 176 valence electrons. The van der Waals surface area contributed by atoms with E-state index in [1.165, 1.54) is 0 Å². The molecule has 0 aliphatic heterocycles. The molecule has 0 aromatic rings. The molecule has 8 nitrogen and oxygen atoms in total. The topological polar surface area (TPSA) is 73.8 Å². The van der Waals surface area contributed by atoms with Crippen molar-refractivity contribution in [3.8, 4) is 0 Å². The summed E-state index contributed by atoms with van der Waals surface area (Å²) in [5.41, 5.74) is 0. The summed E-state index contributed by atoms with van der Waals surface area (Å²) in [4.78, 5) is 21.2. The molecule has 0 saturated heterocycles. The second-order valence-corrected chi connectivity index (χ2v) is 9.55. The van der Waals surface area contributed by atoms with Crippen LogP contribution in [-0.4, -0.2) is 26.4 Å². The first-order valence-corrected chi connectivity index (χ1v) is 14.0. The first-order chi connectivity index (χ1) is 14.2. The van der Waals surface area contributed by atoms with Gasteiger partial charge in [-0.3, -0.25) is 0 Å². The van der Waals surface area contributed by atoms with Crippen molar-refractivity contribution in [1.29, 1.82) is 0 Å². The Labute approximate surface area is 182 Å². The second-order valence-electron chi connectivity index (χ2n) is 6.95. The normalized spacial score (nSPS) is 12.0. The summed E-state index contributed by atoms with van der Waals surface area (Å²) < 4.78 is 21.8. The summed E-state index contributed by atoms with van der Waals surface area (Å²) in [6.07, 6.45) is 12.0. The van der Waals surface area contributed by atoms with E-state index in [4.69, 9.17) is 33.4 Å². The van der Waals surface area contributed by atoms with Gasteiger partial charge in [-0.15, -0.1) is 0 Å². The molecule has 9 heteroatoms. The van der Waals surface area contributed by atoms with Gasteiger partial charge in [0.05, 0.1) is 0 Å². The molecule has 0 bridgehead atoms. The van der Waals surface area contributed by atoms with E-state index in [-0.39, 0.29) is 0 Å². The third-order valence-electron chi connectivity index (χ3n) is 3.97. The van der Waals surface area contributed by atoms with Crippen molar-refractivity contribution in [3.63, 3.8) is 0 Å². The van der Waals surface area contributed by atoms with Crippen LogP contribution in [-0.2, 0) is 51.6 Å². The third kappa shape index (κ3) is 18.9. The minimum atomic E-state index is -4.53. The van der Waals surface area contributed by atoms with Crippen molar-refractivity contribution in [1.82, 2.24) is 0 Å². The SMILES string of the molecule is CCCCCO[O][Ti]([O]OCCCCC)([O]OCCCCC)[O]OCCCCC. The van der Waals surface area contributed by atoms with Crippen LogP contribution in [0.1, 0.15) is 105 Å². The Morgan fingerprint density at radius 1 is 0.379 bits per heavy atom. The fourth-order valence-electron chi connectivity index (χ4n) is 2.18. The van der Waals surface area contributed by atoms with E-state index in [1.807, 2.05) is 0 Å². The van der Waals surface area contributed by atoms with Gasteiger partial charge >= 0.3 is 183 Å². The third-order valence-corrected chi connectivity index (χ3v) is 5.98. The number of unbranched alkanes of at least 4 members (excludes halogenated alkanes) is 8. The average molecular weight is 460 g/mol. The molecule has 0 fully saturated rings. The average Bonchev–Trinajstić information content (AvgIpc) is 2.73. The van der Waals surface area contributed by atoms with Crippen molar-refractivity contribution in [2.75, 3.05) is 26.4 Å². The molecule has 0 saturated carbocycles. The molecule has 0 amide bonds.